The molecule has 0 spiro atoms. The highest BCUT2D eigenvalue weighted by Crippen LogP contribution is 2.02. The van der Waals surface area contributed by atoms with Gasteiger partial charge in [-0.05, 0) is 0 Å². The smallest absolute Gasteiger partial charge is 0.335 e. The molecule has 0 radical (unpaired) electrons. The van der Waals surface area contributed by atoms with E-state index in [2.05, 4.69) is 16.1 Å². The van der Waals surface area contributed by atoms with Crippen LogP contribution in [0.1, 0.15) is 6.92 Å². The summed E-state index contributed by atoms with van der Waals surface area (Å²) in [5, 5.41) is 9.19. The first-order valence-electron chi connectivity index (χ1n) is 3.57. The van der Waals surface area contributed by atoms with Crippen LogP contribution in [-0.2, 0) is 19.1 Å². The standard InChI is InChI=1S/C8H12O5/c1-5(8(11)12-3)7(10)4-13-6(2)9/h7,10H,1,4H2,2-3H3. The van der Waals surface area contributed by atoms with E-state index in [-0.39, 0.29) is 12.2 Å². The predicted octanol–water partition coefficient (Wildman–Crippen LogP) is -0.360. The molecule has 0 fully saturated rings. The van der Waals surface area contributed by atoms with Gasteiger partial charge in [0.15, 0.2) is 0 Å². The topological polar surface area (TPSA) is 72.8 Å². The van der Waals surface area contributed by atoms with Crippen LogP contribution in [0.5, 0.6) is 0 Å². The molecule has 0 aromatic carbocycles. The Labute approximate surface area is 75.9 Å². The third-order valence-corrected chi connectivity index (χ3v) is 1.29. The van der Waals surface area contributed by atoms with Gasteiger partial charge in [-0.1, -0.05) is 6.58 Å². The van der Waals surface area contributed by atoms with Gasteiger partial charge in [0.05, 0.1) is 12.7 Å². The fraction of sp³-hybridized carbons (Fsp3) is 0.500. The Morgan fingerprint density at radius 3 is 2.46 bits per heavy atom. The molecule has 5 nitrogen and oxygen atoms in total. The van der Waals surface area contributed by atoms with E-state index in [1.807, 2.05) is 0 Å². The highest BCUT2D eigenvalue weighted by molar-refractivity contribution is 5.88. The van der Waals surface area contributed by atoms with Gasteiger partial charge in [0.2, 0.25) is 0 Å². The van der Waals surface area contributed by atoms with Crippen molar-refractivity contribution in [3.63, 3.8) is 0 Å². The number of esters is 2. The molecule has 0 bridgehead atoms. The maximum absolute atomic E-state index is 10.8. The van der Waals surface area contributed by atoms with Gasteiger partial charge in [-0.2, -0.15) is 0 Å². The van der Waals surface area contributed by atoms with Crippen molar-refractivity contribution in [2.45, 2.75) is 13.0 Å². The number of rotatable bonds is 4. The van der Waals surface area contributed by atoms with Crippen molar-refractivity contribution in [2.24, 2.45) is 0 Å². The first-order chi connectivity index (χ1) is 5.99. The fourth-order valence-corrected chi connectivity index (χ4v) is 0.564. The average molecular weight is 188 g/mol. The Balaban J connectivity index is 3.96. The first-order valence-corrected chi connectivity index (χ1v) is 3.57. The molecule has 0 amide bonds. The summed E-state index contributed by atoms with van der Waals surface area (Å²) in [4.78, 5) is 21.1. The molecular formula is C8H12O5. The van der Waals surface area contributed by atoms with Crippen molar-refractivity contribution in [2.75, 3.05) is 13.7 Å². The number of aliphatic hydroxyl groups is 1. The monoisotopic (exact) mass is 188 g/mol. The van der Waals surface area contributed by atoms with Gasteiger partial charge in [0.25, 0.3) is 0 Å². The lowest BCUT2D eigenvalue weighted by atomic mass is 10.2. The van der Waals surface area contributed by atoms with Gasteiger partial charge < -0.3 is 14.6 Å². The first kappa shape index (κ1) is 11.6. The van der Waals surface area contributed by atoms with Crippen LogP contribution in [0.3, 0.4) is 0 Å². The van der Waals surface area contributed by atoms with Gasteiger partial charge in [-0.25, -0.2) is 4.79 Å². The lowest BCUT2D eigenvalue weighted by molar-refractivity contribution is -0.145. The van der Waals surface area contributed by atoms with Gasteiger partial charge in [0.1, 0.15) is 12.7 Å². The minimum absolute atomic E-state index is 0.135. The molecule has 13 heavy (non-hydrogen) atoms. The van der Waals surface area contributed by atoms with Crippen LogP contribution in [0, 0.1) is 0 Å². The molecule has 0 aromatic rings. The molecular weight excluding hydrogens is 176 g/mol. The number of aliphatic hydroxyl groups excluding tert-OH is 1. The number of ether oxygens (including phenoxy) is 2. The second-order valence-corrected chi connectivity index (χ2v) is 2.34. The summed E-state index contributed by atoms with van der Waals surface area (Å²) in [6.07, 6.45) is -1.21. The van der Waals surface area contributed by atoms with E-state index in [1.165, 1.54) is 14.0 Å². The molecule has 0 aromatic heterocycles. The van der Waals surface area contributed by atoms with Crippen molar-refractivity contribution in [1.82, 2.24) is 0 Å². The Morgan fingerprint density at radius 2 is 2.08 bits per heavy atom. The molecule has 0 saturated heterocycles. The van der Waals surface area contributed by atoms with Gasteiger partial charge in [-0.3, -0.25) is 4.79 Å². The number of hydrogen-bond acceptors (Lipinski definition) is 5. The van der Waals surface area contributed by atoms with Gasteiger partial charge >= 0.3 is 11.9 Å². The number of carbonyl (C=O) groups excluding carboxylic acids is 2. The zero-order chi connectivity index (χ0) is 10.4. The summed E-state index contributed by atoms with van der Waals surface area (Å²) in [7, 11) is 1.17. The summed E-state index contributed by atoms with van der Waals surface area (Å²) < 4.78 is 8.76. The summed E-state index contributed by atoms with van der Waals surface area (Å²) in [5.41, 5.74) is -0.135. The number of hydrogen-bond donors (Lipinski definition) is 1. The highest BCUT2D eigenvalue weighted by Gasteiger charge is 2.17. The molecule has 0 aliphatic rings. The number of carbonyl (C=O) groups is 2. The lowest BCUT2D eigenvalue weighted by Gasteiger charge is -2.10. The van der Waals surface area contributed by atoms with E-state index >= 15 is 0 Å². The third kappa shape index (κ3) is 4.27. The summed E-state index contributed by atoms with van der Waals surface area (Å²) in [5.74, 6) is -1.25. The average Bonchev–Trinajstić information content (AvgIpc) is 2.11. The van der Waals surface area contributed by atoms with Crippen molar-refractivity contribution >= 4 is 11.9 Å². The molecule has 1 atom stereocenters. The maximum atomic E-state index is 10.8. The van der Waals surface area contributed by atoms with Crippen LogP contribution < -0.4 is 0 Å². The molecule has 74 valence electrons. The lowest BCUT2D eigenvalue weighted by Crippen LogP contribution is -2.24. The van der Waals surface area contributed by atoms with Crippen molar-refractivity contribution in [3.05, 3.63) is 12.2 Å². The molecule has 0 saturated carbocycles. The Bertz CT molecular complexity index is 221. The third-order valence-electron chi connectivity index (χ3n) is 1.29. The van der Waals surface area contributed by atoms with Crippen LogP contribution in [0.4, 0.5) is 0 Å². The molecule has 0 heterocycles. The van der Waals surface area contributed by atoms with E-state index in [0.717, 1.165) is 0 Å². The minimum Gasteiger partial charge on any atom is -0.466 e. The van der Waals surface area contributed by atoms with E-state index in [4.69, 9.17) is 0 Å². The second kappa shape index (κ2) is 5.31. The quantitative estimate of drug-likeness (QED) is 0.481. The zero-order valence-corrected chi connectivity index (χ0v) is 7.57. The molecule has 1 N–H and O–H groups in total. The molecule has 0 aliphatic carbocycles. The Morgan fingerprint density at radius 1 is 1.54 bits per heavy atom. The van der Waals surface area contributed by atoms with E-state index in [0.29, 0.717) is 0 Å². The maximum Gasteiger partial charge on any atom is 0.335 e. The van der Waals surface area contributed by atoms with Crippen LogP contribution in [-0.4, -0.2) is 36.9 Å². The minimum atomic E-state index is -1.21. The highest BCUT2D eigenvalue weighted by atomic mass is 16.5. The second-order valence-electron chi connectivity index (χ2n) is 2.34. The molecule has 0 rings (SSSR count). The van der Waals surface area contributed by atoms with Gasteiger partial charge in [-0.15, -0.1) is 0 Å². The van der Waals surface area contributed by atoms with E-state index < -0.39 is 18.0 Å². The Kier molecular flexibility index (Phi) is 4.76. The zero-order valence-electron chi connectivity index (χ0n) is 7.57. The van der Waals surface area contributed by atoms with Gasteiger partial charge in [0, 0.05) is 6.92 Å². The predicted molar refractivity (Wildman–Crippen MR) is 43.8 cm³/mol. The number of methoxy groups -OCH3 is 1. The summed E-state index contributed by atoms with van der Waals surface area (Å²) in [6, 6.07) is 0. The normalized spacial score (nSPS) is 11.6. The van der Waals surface area contributed by atoms with Crippen LogP contribution in [0.2, 0.25) is 0 Å². The van der Waals surface area contributed by atoms with Crippen LogP contribution in [0.25, 0.3) is 0 Å². The van der Waals surface area contributed by atoms with Crippen LogP contribution >= 0.6 is 0 Å². The SMILES string of the molecule is C=C(C(=O)OC)C(O)COC(C)=O. The largest absolute Gasteiger partial charge is 0.466 e. The van der Waals surface area contributed by atoms with E-state index in [9.17, 15) is 14.7 Å². The van der Waals surface area contributed by atoms with E-state index in [1.54, 1.807) is 0 Å². The molecule has 1 unspecified atom stereocenters. The molecule has 5 heteroatoms. The van der Waals surface area contributed by atoms with Crippen LogP contribution in [0.15, 0.2) is 12.2 Å². The van der Waals surface area contributed by atoms with Crippen molar-refractivity contribution < 1.29 is 24.2 Å². The molecule has 0 aliphatic heterocycles. The summed E-state index contributed by atoms with van der Waals surface area (Å²) in [6.45, 7) is 4.20. The fourth-order valence-electron chi connectivity index (χ4n) is 0.564. The van der Waals surface area contributed by atoms with Crippen molar-refractivity contribution in [3.8, 4) is 0 Å². The van der Waals surface area contributed by atoms with Crippen molar-refractivity contribution in [1.29, 1.82) is 0 Å². The summed E-state index contributed by atoms with van der Waals surface area (Å²) >= 11 is 0. The Hall–Kier alpha value is -1.36.